The molecule has 12 nitrogen and oxygen atoms in total. The number of nitrogens with two attached hydrogens (primary N) is 1. The molecule has 1 aromatic rings. The van der Waals surface area contributed by atoms with Crippen LogP contribution in [-0.2, 0) is 19.6 Å². The van der Waals surface area contributed by atoms with E-state index in [1.165, 1.54) is 4.31 Å². The van der Waals surface area contributed by atoms with Gasteiger partial charge in [0, 0.05) is 45.5 Å². The van der Waals surface area contributed by atoms with Crippen LogP contribution in [0.4, 0.5) is 15.8 Å². The van der Waals surface area contributed by atoms with Crippen LogP contribution in [0.25, 0.3) is 0 Å². The van der Waals surface area contributed by atoms with E-state index >= 15 is 0 Å². The average molecular weight is 485 g/mol. The maximum Gasteiger partial charge on any atom is 0.233 e. The van der Waals surface area contributed by atoms with E-state index in [1.807, 2.05) is 4.90 Å². The molecule has 4 unspecified atom stereocenters. The Bertz CT molecular complexity index is 988. The quantitative estimate of drug-likeness (QED) is 0.365. The zero-order valence-electron chi connectivity index (χ0n) is 18.1. The van der Waals surface area contributed by atoms with E-state index < -0.39 is 39.7 Å². The number of sulfonamides is 1. The molecular formula is C19H29FN8O4S. The minimum atomic E-state index is -3.35. The first-order chi connectivity index (χ1) is 15.8. The van der Waals surface area contributed by atoms with Crippen molar-refractivity contribution in [3.05, 3.63) is 18.5 Å². The number of nitrogens with zero attached hydrogens (tertiary/aromatic N) is 4. The van der Waals surface area contributed by atoms with Crippen LogP contribution in [0.5, 0.6) is 0 Å². The first kappa shape index (κ1) is 22.8. The Balaban J connectivity index is 1.26. The van der Waals surface area contributed by atoms with Crippen molar-refractivity contribution in [1.29, 1.82) is 0 Å². The predicted molar refractivity (Wildman–Crippen MR) is 118 cm³/mol. The van der Waals surface area contributed by atoms with Crippen molar-refractivity contribution in [2.24, 2.45) is 11.7 Å². The topological polar surface area (TPSA) is 145 Å². The van der Waals surface area contributed by atoms with Gasteiger partial charge in [0.25, 0.3) is 0 Å². The Hall–Kier alpha value is -1.94. The van der Waals surface area contributed by atoms with Crippen LogP contribution in [0.15, 0.2) is 18.5 Å². The minimum absolute atomic E-state index is 0.160. The summed E-state index contributed by atoms with van der Waals surface area (Å²) < 4.78 is 45.6. The zero-order chi connectivity index (χ0) is 23.2. The molecular weight excluding hydrogens is 455 g/mol. The number of aromatic nitrogens is 1. The molecule has 14 heteroatoms. The van der Waals surface area contributed by atoms with E-state index in [1.54, 1.807) is 23.5 Å². The molecule has 182 valence electrons. The number of fused-ring (bicyclic) bond motifs is 1. The van der Waals surface area contributed by atoms with Crippen LogP contribution in [0.3, 0.4) is 0 Å². The molecule has 4 saturated heterocycles. The molecule has 4 aliphatic rings. The Morgan fingerprint density at radius 1 is 1.27 bits per heavy atom. The highest BCUT2D eigenvalue weighted by Gasteiger charge is 2.47. The molecule has 0 bridgehead atoms. The number of rotatable bonds is 5. The van der Waals surface area contributed by atoms with Crippen molar-refractivity contribution < 1.29 is 22.3 Å². The fourth-order valence-electron chi connectivity index (χ4n) is 4.73. The molecule has 0 aliphatic carbocycles. The van der Waals surface area contributed by atoms with Gasteiger partial charge < -0.3 is 20.7 Å². The highest BCUT2D eigenvalue weighted by atomic mass is 32.2. The van der Waals surface area contributed by atoms with Gasteiger partial charge in [-0.05, 0) is 6.07 Å². The number of hydrogen-bond acceptors (Lipinski definition) is 10. The lowest BCUT2D eigenvalue weighted by atomic mass is 10.0. The number of nitrogens with one attached hydrogen (secondary N) is 3. The largest absolute Gasteiger partial charge is 0.378 e. The maximum absolute atomic E-state index is 13.7. The molecule has 5 rings (SSSR count). The Labute approximate surface area is 191 Å². The molecule has 33 heavy (non-hydrogen) atoms. The molecule has 0 aromatic carbocycles. The summed E-state index contributed by atoms with van der Waals surface area (Å²) in [5, 5.41) is 7.16. The second-order valence-electron chi connectivity index (χ2n) is 8.76. The summed E-state index contributed by atoms with van der Waals surface area (Å²) in [6.45, 7) is 2.51. The van der Waals surface area contributed by atoms with Crippen LogP contribution in [0.2, 0.25) is 0 Å². The number of hydrogen-bond donors (Lipinski definition) is 4. The summed E-state index contributed by atoms with van der Waals surface area (Å²) in [5.74, 6) is -0.926. The number of carbonyl (C=O) groups excluding carboxylic acids is 1. The average Bonchev–Trinajstić information content (AvgIpc) is 3.07. The van der Waals surface area contributed by atoms with Crippen molar-refractivity contribution in [1.82, 2.24) is 25.0 Å². The number of carbonyl (C=O) groups is 1. The summed E-state index contributed by atoms with van der Waals surface area (Å²) in [5.41, 5.74) is 10.4. The molecule has 4 atom stereocenters. The summed E-state index contributed by atoms with van der Waals surface area (Å²) >= 11 is 0. The SMILES string of the molecule is NC1NN2CC(F)CNC2C1C(=O)Nc1cnccc1N1CCN(S(=O)(=O)C2COC2)CC1. The second kappa shape index (κ2) is 9.02. The fraction of sp³-hybridized carbons (Fsp3) is 0.684. The van der Waals surface area contributed by atoms with Crippen LogP contribution in [0, 0.1) is 5.92 Å². The summed E-state index contributed by atoms with van der Waals surface area (Å²) in [6.07, 6.45) is 1.11. The van der Waals surface area contributed by atoms with Gasteiger partial charge in [0.2, 0.25) is 15.9 Å². The number of pyridine rings is 1. The Kier molecular flexibility index (Phi) is 6.24. The Morgan fingerprint density at radius 2 is 2.03 bits per heavy atom. The highest BCUT2D eigenvalue weighted by Crippen LogP contribution is 2.29. The van der Waals surface area contributed by atoms with Gasteiger partial charge in [-0.2, -0.15) is 4.31 Å². The predicted octanol–water partition coefficient (Wildman–Crippen LogP) is -2.14. The molecule has 1 amide bonds. The third kappa shape index (κ3) is 4.32. The van der Waals surface area contributed by atoms with Crippen molar-refractivity contribution in [2.45, 2.75) is 23.8 Å². The molecule has 4 fully saturated rings. The minimum Gasteiger partial charge on any atom is -0.378 e. The highest BCUT2D eigenvalue weighted by molar-refractivity contribution is 7.89. The normalized spacial score (nSPS) is 31.8. The zero-order valence-corrected chi connectivity index (χ0v) is 18.9. The van der Waals surface area contributed by atoms with Gasteiger partial charge >= 0.3 is 0 Å². The molecule has 1 aromatic heterocycles. The van der Waals surface area contributed by atoms with E-state index in [2.05, 4.69) is 21.0 Å². The number of anilines is 2. The van der Waals surface area contributed by atoms with Crippen LogP contribution in [-0.4, -0.2) is 105 Å². The van der Waals surface area contributed by atoms with E-state index in [9.17, 15) is 17.6 Å². The third-order valence-electron chi connectivity index (χ3n) is 6.65. The fourth-order valence-corrected chi connectivity index (χ4v) is 6.36. The summed E-state index contributed by atoms with van der Waals surface area (Å²) in [4.78, 5) is 19.3. The van der Waals surface area contributed by atoms with Gasteiger partial charge in [0.15, 0.2) is 0 Å². The van der Waals surface area contributed by atoms with Gasteiger partial charge in [-0.15, -0.1) is 0 Å². The monoisotopic (exact) mass is 484 g/mol. The van der Waals surface area contributed by atoms with Gasteiger partial charge in [-0.1, -0.05) is 0 Å². The second-order valence-corrected chi connectivity index (χ2v) is 11.0. The standard InChI is InChI=1S/C19H29FN8O4S/c20-12-7-23-18-16(17(21)25-28(18)9-12)19(29)24-14-8-22-2-1-15(14)26-3-5-27(6-4-26)33(30,31)13-10-32-11-13/h1-2,8,12-13,16-18,23,25H,3-7,9-11,21H2,(H,24,29). The summed E-state index contributed by atoms with van der Waals surface area (Å²) in [6, 6.07) is 1.80. The van der Waals surface area contributed by atoms with Crippen molar-refractivity contribution in [2.75, 3.05) is 62.7 Å². The lowest BCUT2D eigenvalue weighted by Gasteiger charge is -2.39. The van der Waals surface area contributed by atoms with Crippen LogP contribution >= 0.6 is 0 Å². The van der Waals surface area contributed by atoms with E-state index in [0.717, 1.165) is 5.69 Å². The molecule has 5 heterocycles. The van der Waals surface area contributed by atoms with Gasteiger partial charge in [-0.3, -0.25) is 15.1 Å². The molecule has 0 radical (unpaired) electrons. The number of amides is 1. The third-order valence-corrected chi connectivity index (χ3v) is 8.85. The van der Waals surface area contributed by atoms with E-state index in [4.69, 9.17) is 10.5 Å². The number of hydrazine groups is 1. The summed E-state index contributed by atoms with van der Waals surface area (Å²) in [7, 11) is -3.35. The van der Waals surface area contributed by atoms with Crippen molar-refractivity contribution in [3.63, 3.8) is 0 Å². The van der Waals surface area contributed by atoms with Gasteiger partial charge in [-0.25, -0.2) is 23.2 Å². The first-order valence-electron chi connectivity index (χ1n) is 11.1. The van der Waals surface area contributed by atoms with Crippen molar-refractivity contribution in [3.8, 4) is 0 Å². The molecule has 0 spiro atoms. The molecule has 0 saturated carbocycles. The number of piperazine rings is 1. The molecule has 5 N–H and O–H groups in total. The van der Waals surface area contributed by atoms with E-state index in [0.29, 0.717) is 31.9 Å². The van der Waals surface area contributed by atoms with Gasteiger partial charge in [0.1, 0.15) is 11.4 Å². The van der Waals surface area contributed by atoms with Gasteiger partial charge in [0.05, 0.1) is 49.0 Å². The maximum atomic E-state index is 13.7. The Morgan fingerprint density at radius 3 is 2.73 bits per heavy atom. The van der Waals surface area contributed by atoms with Crippen molar-refractivity contribution >= 4 is 27.3 Å². The lowest BCUT2D eigenvalue weighted by Crippen LogP contribution is -2.58. The first-order valence-corrected chi connectivity index (χ1v) is 12.6. The number of alkyl halides is 1. The number of halogens is 1. The number of ether oxygens (including phenoxy) is 1. The smallest absolute Gasteiger partial charge is 0.233 e. The van der Waals surface area contributed by atoms with E-state index in [-0.39, 0.29) is 32.2 Å². The lowest BCUT2D eigenvalue weighted by molar-refractivity contribution is -0.121. The van der Waals surface area contributed by atoms with Crippen LogP contribution in [0.1, 0.15) is 0 Å². The molecule has 4 aliphatic heterocycles. The van der Waals surface area contributed by atoms with Crippen LogP contribution < -0.4 is 26.7 Å².